The molecule has 0 aromatic rings. The quantitative estimate of drug-likeness (QED) is 0.168. The highest BCUT2D eigenvalue weighted by molar-refractivity contribution is 7.85. The van der Waals surface area contributed by atoms with Gasteiger partial charge in [-0.15, -0.1) is 0 Å². The predicted octanol–water partition coefficient (Wildman–Crippen LogP) is -0.187. The monoisotopic (exact) mass is 100 g/mol. The number of rotatable bonds is 0. The van der Waals surface area contributed by atoms with Gasteiger partial charge in [0.15, 0.2) is 5.84 Å². The highest BCUT2D eigenvalue weighted by Crippen LogP contribution is 1.57. The van der Waals surface area contributed by atoms with Gasteiger partial charge in [-0.25, -0.2) is 0 Å². The van der Waals surface area contributed by atoms with E-state index < -0.39 is 0 Å². The van der Waals surface area contributed by atoms with Crippen molar-refractivity contribution in [2.45, 2.75) is 0 Å². The lowest BCUT2D eigenvalue weighted by atomic mass is 10.7. The third kappa shape index (κ3) is 3.38. The van der Waals surface area contributed by atoms with Gasteiger partial charge in [0, 0.05) is 0 Å². The van der Waals surface area contributed by atoms with Crippen molar-refractivity contribution in [2.75, 3.05) is 0 Å². The van der Waals surface area contributed by atoms with E-state index in [1.54, 1.807) is 0 Å². The first kappa shape index (κ1) is 5.38. The fourth-order valence-corrected chi connectivity index (χ4v) is 0.181. The second-order valence-corrected chi connectivity index (χ2v) is 0.874. The molecule has 0 aromatic carbocycles. The van der Waals surface area contributed by atoms with Crippen LogP contribution < -0.4 is 5.73 Å². The summed E-state index contributed by atoms with van der Waals surface area (Å²) in [5.41, 5.74) is 4.76. The Labute approximate surface area is 41.6 Å². The van der Waals surface area contributed by atoms with Crippen LogP contribution in [-0.2, 0) is 0 Å². The van der Waals surface area contributed by atoms with Gasteiger partial charge >= 0.3 is 0 Å². The van der Waals surface area contributed by atoms with Crippen molar-refractivity contribution in [3.8, 4) is 11.2 Å². The Hall–Kier alpha value is -0.620. The number of hydrogen-bond acceptors (Lipinski definition) is 2. The van der Waals surface area contributed by atoms with Gasteiger partial charge in [0.1, 0.15) is 0 Å². The van der Waals surface area contributed by atoms with Crippen LogP contribution in [0.25, 0.3) is 0 Å². The van der Waals surface area contributed by atoms with E-state index in [1.165, 1.54) is 0 Å². The van der Waals surface area contributed by atoms with E-state index >= 15 is 0 Å². The van der Waals surface area contributed by atoms with Gasteiger partial charge in [-0.1, -0.05) is 12.6 Å². The largest absolute Gasteiger partial charge is 0.377 e. The van der Waals surface area contributed by atoms with Gasteiger partial charge in [0.05, 0.1) is 0 Å². The summed E-state index contributed by atoms with van der Waals surface area (Å²) in [7, 11) is 0. The maximum Gasteiger partial charge on any atom is 0.169 e. The smallest absolute Gasteiger partial charge is 0.169 e. The molecule has 0 aliphatic rings. The second-order valence-electron chi connectivity index (χ2n) is 0.650. The van der Waals surface area contributed by atoms with Crippen LogP contribution in [0.3, 0.4) is 0 Å². The summed E-state index contributed by atoms with van der Waals surface area (Å²) in [4.78, 5) is 0. The van der Waals surface area contributed by atoms with Crippen molar-refractivity contribution in [2.24, 2.45) is 5.73 Å². The lowest BCUT2D eigenvalue weighted by molar-refractivity contribution is 1.48. The highest BCUT2D eigenvalue weighted by Gasteiger charge is 1.65. The van der Waals surface area contributed by atoms with Crippen molar-refractivity contribution in [3.63, 3.8) is 0 Å². The molecule has 0 aliphatic carbocycles. The SMILES string of the molecule is N=C(N)C#CS. The molecule has 0 heterocycles. The summed E-state index contributed by atoms with van der Waals surface area (Å²) in [6, 6.07) is 0. The first-order chi connectivity index (χ1) is 2.77. The first-order valence-electron chi connectivity index (χ1n) is 1.26. The molecule has 0 saturated heterocycles. The lowest BCUT2D eigenvalue weighted by Gasteiger charge is -1.69. The molecular weight excluding hydrogens is 96.1 g/mol. The van der Waals surface area contributed by atoms with Crippen LogP contribution >= 0.6 is 12.6 Å². The van der Waals surface area contributed by atoms with E-state index in [4.69, 9.17) is 11.1 Å². The average molecular weight is 100 g/mol. The standard InChI is InChI=1S/C3H4N2S/c4-3(5)1-2-6/h6H,(H3,4,5). The van der Waals surface area contributed by atoms with E-state index in [0.29, 0.717) is 0 Å². The molecule has 0 saturated carbocycles. The summed E-state index contributed by atoms with van der Waals surface area (Å²) in [5.74, 6) is 2.04. The van der Waals surface area contributed by atoms with Crippen LogP contribution in [0.1, 0.15) is 0 Å². The number of thiol groups is 1. The third-order valence-electron chi connectivity index (χ3n) is 0.191. The Balaban J connectivity index is 3.50. The number of nitrogens with two attached hydrogens (primary N) is 1. The highest BCUT2D eigenvalue weighted by atomic mass is 32.1. The minimum Gasteiger partial charge on any atom is -0.377 e. The Bertz CT molecular complexity index is 108. The van der Waals surface area contributed by atoms with E-state index in [9.17, 15) is 0 Å². The van der Waals surface area contributed by atoms with Crippen molar-refractivity contribution in [1.82, 2.24) is 0 Å². The lowest BCUT2D eigenvalue weighted by Crippen LogP contribution is -2.04. The molecule has 0 bridgehead atoms. The average Bonchev–Trinajstić information content (AvgIpc) is 1.35. The Kier molecular flexibility index (Phi) is 2.34. The molecule has 3 N–H and O–H groups in total. The van der Waals surface area contributed by atoms with Crippen LogP contribution in [0, 0.1) is 16.6 Å². The number of amidine groups is 1. The van der Waals surface area contributed by atoms with Crippen molar-refractivity contribution < 1.29 is 0 Å². The molecule has 0 aliphatic heterocycles. The molecule has 0 unspecified atom stereocenters. The topological polar surface area (TPSA) is 49.9 Å². The summed E-state index contributed by atoms with van der Waals surface area (Å²) < 4.78 is 0. The van der Waals surface area contributed by atoms with Crippen LogP contribution in [0.4, 0.5) is 0 Å². The molecular formula is C3H4N2S. The Morgan fingerprint density at radius 3 is 2.33 bits per heavy atom. The van der Waals surface area contributed by atoms with Gasteiger partial charge in [0.2, 0.25) is 0 Å². The van der Waals surface area contributed by atoms with E-state index in [-0.39, 0.29) is 5.84 Å². The van der Waals surface area contributed by atoms with Crippen LogP contribution in [0.5, 0.6) is 0 Å². The molecule has 3 heteroatoms. The molecule has 0 fully saturated rings. The zero-order chi connectivity index (χ0) is 4.99. The minimum absolute atomic E-state index is 0.148. The Morgan fingerprint density at radius 1 is 1.83 bits per heavy atom. The predicted molar refractivity (Wildman–Crippen MR) is 28.7 cm³/mol. The van der Waals surface area contributed by atoms with Crippen molar-refractivity contribution >= 4 is 18.5 Å². The second kappa shape index (κ2) is 2.61. The number of nitrogens with one attached hydrogen (secondary N) is 1. The molecule has 0 atom stereocenters. The molecule has 6 heavy (non-hydrogen) atoms. The zero-order valence-corrected chi connectivity index (χ0v) is 3.92. The molecule has 32 valence electrons. The number of hydrogen-bond donors (Lipinski definition) is 3. The molecule has 2 nitrogen and oxygen atoms in total. The summed E-state index contributed by atoms with van der Waals surface area (Å²) in [6.07, 6.45) is 0. The first-order valence-corrected chi connectivity index (χ1v) is 1.71. The normalized spacial score (nSPS) is 5.50. The van der Waals surface area contributed by atoms with Gasteiger partial charge in [-0.3, -0.25) is 5.41 Å². The molecule has 0 rings (SSSR count). The molecule has 0 radical (unpaired) electrons. The third-order valence-corrected chi connectivity index (χ3v) is 0.302. The van der Waals surface area contributed by atoms with Crippen LogP contribution in [0.2, 0.25) is 0 Å². The molecule has 0 amide bonds. The van der Waals surface area contributed by atoms with E-state index in [0.717, 1.165) is 0 Å². The maximum atomic E-state index is 6.45. The van der Waals surface area contributed by atoms with Gasteiger partial charge in [-0.2, -0.15) is 0 Å². The maximum absolute atomic E-state index is 6.45. The fourth-order valence-electron chi connectivity index (χ4n) is 0.0602. The van der Waals surface area contributed by atoms with E-state index in [1.807, 2.05) is 0 Å². The van der Waals surface area contributed by atoms with Gasteiger partial charge < -0.3 is 5.73 Å². The summed E-state index contributed by atoms with van der Waals surface area (Å²) in [5, 5.41) is 8.61. The summed E-state index contributed by atoms with van der Waals surface area (Å²) >= 11 is 3.48. The van der Waals surface area contributed by atoms with Gasteiger partial charge in [-0.05, 0) is 11.2 Å². The molecule has 0 aromatic heterocycles. The van der Waals surface area contributed by atoms with Crippen molar-refractivity contribution in [3.05, 3.63) is 0 Å². The fraction of sp³-hybridized carbons (Fsp3) is 0. The minimum atomic E-state index is -0.148. The Morgan fingerprint density at radius 2 is 2.33 bits per heavy atom. The van der Waals surface area contributed by atoms with Crippen LogP contribution in [-0.4, -0.2) is 5.84 Å². The van der Waals surface area contributed by atoms with Crippen LogP contribution in [0.15, 0.2) is 0 Å². The summed E-state index contributed by atoms with van der Waals surface area (Å²) in [6.45, 7) is 0. The van der Waals surface area contributed by atoms with Gasteiger partial charge in [0.25, 0.3) is 0 Å². The van der Waals surface area contributed by atoms with Crippen molar-refractivity contribution in [1.29, 1.82) is 5.41 Å². The zero-order valence-electron chi connectivity index (χ0n) is 3.02. The van der Waals surface area contributed by atoms with E-state index in [2.05, 4.69) is 23.8 Å². The molecule has 0 spiro atoms.